The van der Waals surface area contributed by atoms with Crippen LogP contribution in [0.25, 0.3) is 0 Å². The topological polar surface area (TPSA) is 170 Å². The maximum absolute atomic E-state index is 12.2. The van der Waals surface area contributed by atoms with E-state index >= 15 is 0 Å². The van der Waals surface area contributed by atoms with E-state index in [9.17, 15) is 18.5 Å². The predicted molar refractivity (Wildman–Crippen MR) is 70.4 cm³/mol. The van der Waals surface area contributed by atoms with Crippen LogP contribution in [0.5, 0.6) is 0 Å². The number of hydrogen-bond acceptors (Lipinski definition) is 8. The molecule has 1 unspecified atom stereocenters. The van der Waals surface area contributed by atoms with E-state index in [1.54, 1.807) is 0 Å². The summed E-state index contributed by atoms with van der Waals surface area (Å²) in [6.07, 6.45) is 0. The van der Waals surface area contributed by atoms with E-state index in [1.807, 2.05) is 0 Å². The summed E-state index contributed by atoms with van der Waals surface area (Å²) in [4.78, 5) is 9.68. The Morgan fingerprint density at radius 2 is 2.19 bits per heavy atom. The van der Waals surface area contributed by atoms with Gasteiger partial charge in [-0.3, -0.25) is 10.1 Å². The van der Waals surface area contributed by atoms with E-state index in [0.29, 0.717) is 0 Å². The van der Waals surface area contributed by atoms with Gasteiger partial charge in [-0.2, -0.15) is 5.21 Å². The number of nitro groups is 1. The van der Waals surface area contributed by atoms with Gasteiger partial charge in [0.2, 0.25) is 10.0 Å². The van der Waals surface area contributed by atoms with Gasteiger partial charge in [0.15, 0.2) is 5.82 Å². The molecule has 1 aromatic heterocycles. The highest BCUT2D eigenvalue weighted by atomic mass is 32.2. The van der Waals surface area contributed by atoms with E-state index in [2.05, 4.69) is 25.3 Å². The number of nitrogens with zero attached hydrogens (tertiary/aromatic N) is 4. The first-order valence-electron chi connectivity index (χ1n) is 5.61. The summed E-state index contributed by atoms with van der Waals surface area (Å²) in [5, 5.41) is 23.4. The maximum Gasteiger partial charge on any atom is 0.271 e. The van der Waals surface area contributed by atoms with Gasteiger partial charge in [-0.05, 0) is 13.0 Å². The second-order valence-corrected chi connectivity index (χ2v) is 5.77. The van der Waals surface area contributed by atoms with Crippen LogP contribution < -0.4 is 10.5 Å². The molecule has 11 nitrogen and oxygen atoms in total. The van der Waals surface area contributed by atoms with Crippen LogP contribution in [0.2, 0.25) is 0 Å². The number of nitrogen functional groups attached to an aromatic ring is 1. The molecule has 1 atom stereocenters. The van der Waals surface area contributed by atoms with Crippen LogP contribution in [0.15, 0.2) is 23.1 Å². The van der Waals surface area contributed by atoms with Crippen molar-refractivity contribution in [3.8, 4) is 0 Å². The Morgan fingerprint density at radius 1 is 1.48 bits per heavy atom. The van der Waals surface area contributed by atoms with Gasteiger partial charge < -0.3 is 5.73 Å². The average Bonchev–Trinajstić information content (AvgIpc) is 2.91. The summed E-state index contributed by atoms with van der Waals surface area (Å²) in [6.45, 7) is 1.52. The third-order valence-corrected chi connectivity index (χ3v) is 4.19. The Morgan fingerprint density at radius 3 is 2.71 bits per heavy atom. The molecule has 0 bridgehead atoms. The highest BCUT2D eigenvalue weighted by molar-refractivity contribution is 7.89. The third-order valence-electron chi connectivity index (χ3n) is 2.57. The van der Waals surface area contributed by atoms with Crippen molar-refractivity contribution in [2.75, 3.05) is 5.73 Å². The van der Waals surface area contributed by atoms with Gasteiger partial charge in [0.25, 0.3) is 5.69 Å². The number of H-pyrrole nitrogens is 1. The van der Waals surface area contributed by atoms with Crippen molar-refractivity contribution in [3.63, 3.8) is 0 Å². The summed E-state index contributed by atoms with van der Waals surface area (Å²) >= 11 is 0. The summed E-state index contributed by atoms with van der Waals surface area (Å²) in [5.74, 6) is 0.152. The molecule has 0 fully saturated rings. The zero-order valence-corrected chi connectivity index (χ0v) is 11.5. The Hall–Kier alpha value is -2.60. The second-order valence-electron chi connectivity index (χ2n) is 4.09. The number of benzene rings is 1. The number of hydrogen-bond donors (Lipinski definition) is 3. The molecule has 2 rings (SSSR count). The Kier molecular flexibility index (Phi) is 3.82. The van der Waals surface area contributed by atoms with Gasteiger partial charge in [-0.25, -0.2) is 13.1 Å². The molecule has 0 aliphatic heterocycles. The lowest BCUT2D eigenvalue weighted by Gasteiger charge is -2.12. The van der Waals surface area contributed by atoms with Crippen molar-refractivity contribution in [1.82, 2.24) is 25.3 Å². The SMILES string of the molecule is CC(NS(=O)(=O)c1ccc([N+](=O)[O-])cc1N)c1nn[nH]n1. The van der Waals surface area contributed by atoms with Crippen LogP contribution in [0.4, 0.5) is 11.4 Å². The Balaban J connectivity index is 2.29. The molecule has 0 aliphatic rings. The van der Waals surface area contributed by atoms with Gasteiger partial charge in [0.1, 0.15) is 4.90 Å². The van der Waals surface area contributed by atoms with Crippen molar-refractivity contribution >= 4 is 21.4 Å². The third kappa shape index (κ3) is 3.11. The van der Waals surface area contributed by atoms with Crippen LogP contribution in [0, 0.1) is 10.1 Å². The first-order chi connectivity index (χ1) is 9.81. The van der Waals surface area contributed by atoms with Crippen LogP contribution in [-0.4, -0.2) is 34.0 Å². The fourth-order valence-corrected chi connectivity index (χ4v) is 2.91. The number of non-ortho nitro benzene ring substituents is 1. The number of nitrogens with two attached hydrogens (primary N) is 1. The number of rotatable bonds is 5. The van der Waals surface area contributed by atoms with Crippen molar-refractivity contribution < 1.29 is 13.3 Å². The number of anilines is 1. The second kappa shape index (κ2) is 5.41. The minimum atomic E-state index is -3.98. The lowest BCUT2D eigenvalue weighted by atomic mass is 10.3. The first kappa shape index (κ1) is 14.8. The average molecular weight is 313 g/mol. The van der Waals surface area contributed by atoms with E-state index < -0.39 is 21.0 Å². The maximum atomic E-state index is 12.2. The number of nitrogens with one attached hydrogen (secondary N) is 2. The minimum Gasteiger partial charge on any atom is -0.397 e. The van der Waals surface area contributed by atoms with Crippen molar-refractivity contribution in [2.24, 2.45) is 0 Å². The summed E-state index contributed by atoms with van der Waals surface area (Å²) in [5.41, 5.74) is 5.05. The van der Waals surface area contributed by atoms with Crippen LogP contribution >= 0.6 is 0 Å². The molecule has 4 N–H and O–H groups in total. The number of tetrazole rings is 1. The Labute approximate surface area is 118 Å². The molecule has 1 aromatic carbocycles. The molecule has 12 heteroatoms. The molecular formula is C9H11N7O4S. The van der Waals surface area contributed by atoms with E-state index in [-0.39, 0.29) is 22.1 Å². The highest BCUT2D eigenvalue weighted by Crippen LogP contribution is 2.24. The van der Waals surface area contributed by atoms with E-state index in [4.69, 9.17) is 5.73 Å². The predicted octanol–water partition coefficient (Wildman–Crippen LogP) is -0.270. The molecule has 0 spiro atoms. The first-order valence-corrected chi connectivity index (χ1v) is 7.09. The molecule has 2 aromatic rings. The molecule has 21 heavy (non-hydrogen) atoms. The smallest absolute Gasteiger partial charge is 0.271 e. The molecule has 112 valence electrons. The standard InChI is InChI=1S/C9H11N7O4S/c1-5(9-11-14-15-12-9)13-21(19,20)8-3-2-6(16(17)18)4-7(8)10/h2-5,13H,10H2,1H3,(H,11,12,14,15). The van der Waals surface area contributed by atoms with E-state index in [0.717, 1.165) is 18.2 Å². The van der Waals surface area contributed by atoms with Gasteiger partial charge in [-0.1, -0.05) is 5.21 Å². The Bertz CT molecular complexity index is 758. The molecule has 0 saturated heterocycles. The largest absolute Gasteiger partial charge is 0.397 e. The fraction of sp³-hybridized carbons (Fsp3) is 0.222. The molecular weight excluding hydrogens is 302 g/mol. The van der Waals surface area contributed by atoms with Gasteiger partial charge >= 0.3 is 0 Å². The van der Waals surface area contributed by atoms with Crippen LogP contribution in [-0.2, 0) is 10.0 Å². The number of sulfonamides is 1. The van der Waals surface area contributed by atoms with Crippen molar-refractivity contribution in [2.45, 2.75) is 17.9 Å². The normalized spacial score (nSPS) is 13.0. The van der Waals surface area contributed by atoms with Crippen LogP contribution in [0.1, 0.15) is 18.8 Å². The zero-order chi connectivity index (χ0) is 15.6. The molecule has 0 aliphatic carbocycles. The summed E-state index contributed by atoms with van der Waals surface area (Å²) in [7, 11) is -3.98. The summed E-state index contributed by atoms with van der Waals surface area (Å²) < 4.78 is 26.7. The minimum absolute atomic E-state index is 0.152. The van der Waals surface area contributed by atoms with E-state index in [1.165, 1.54) is 6.92 Å². The molecule has 1 heterocycles. The van der Waals surface area contributed by atoms with Crippen molar-refractivity contribution in [1.29, 1.82) is 0 Å². The quantitative estimate of drug-likeness (QED) is 0.384. The van der Waals surface area contributed by atoms with Gasteiger partial charge in [-0.15, -0.1) is 10.2 Å². The van der Waals surface area contributed by atoms with Gasteiger partial charge in [0, 0.05) is 12.1 Å². The monoisotopic (exact) mass is 313 g/mol. The molecule has 0 saturated carbocycles. The van der Waals surface area contributed by atoms with Crippen molar-refractivity contribution in [3.05, 3.63) is 34.1 Å². The molecule has 0 radical (unpaired) electrons. The number of aromatic amines is 1. The lowest BCUT2D eigenvalue weighted by Crippen LogP contribution is -2.28. The summed E-state index contributed by atoms with van der Waals surface area (Å²) in [6, 6.07) is 2.36. The number of aromatic nitrogens is 4. The lowest BCUT2D eigenvalue weighted by molar-refractivity contribution is -0.384. The molecule has 0 amide bonds. The zero-order valence-electron chi connectivity index (χ0n) is 10.7. The van der Waals surface area contributed by atoms with Gasteiger partial charge in [0.05, 0.1) is 16.7 Å². The van der Waals surface area contributed by atoms with Crippen LogP contribution in [0.3, 0.4) is 0 Å². The highest BCUT2D eigenvalue weighted by Gasteiger charge is 2.24. The fourth-order valence-electron chi connectivity index (χ4n) is 1.60. The number of nitro benzene ring substituents is 1.